The van der Waals surface area contributed by atoms with Crippen molar-refractivity contribution < 1.29 is 4.74 Å². The molecule has 2 heterocycles. The molecule has 3 rings (SSSR count). The van der Waals surface area contributed by atoms with E-state index in [2.05, 4.69) is 28.0 Å². The fourth-order valence-electron chi connectivity index (χ4n) is 3.34. The normalized spacial score (nSPS) is 20.4. The number of ether oxygens (including phenoxy) is 1. The molecule has 1 saturated heterocycles. The van der Waals surface area contributed by atoms with Crippen LogP contribution in [-0.4, -0.2) is 39.9 Å². The van der Waals surface area contributed by atoms with Gasteiger partial charge in [0.15, 0.2) is 0 Å². The van der Waals surface area contributed by atoms with Gasteiger partial charge in [-0.15, -0.1) is 0 Å². The van der Waals surface area contributed by atoms with Crippen LogP contribution in [0.1, 0.15) is 31.4 Å². The van der Waals surface area contributed by atoms with Gasteiger partial charge in [-0.2, -0.15) is 5.10 Å². The van der Waals surface area contributed by atoms with Crippen molar-refractivity contribution in [3.8, 4) is 5.75 Å². The molecule has 1 fully saturated rings. The molecule has 0 amide bonds. The zero-order chi connectivity index (χ0) is 16.2. The fraction of sp³-hybridized carbons (Fsp3) is 0.529. The molecule has 1 aliphatic heterocycles. The van der Waals surface area contributed by atoms with Crippen molar-refractivity contribution in [2.75, 3.05) is 20.2 Å². The van der Waals surface area contributed by atoms with E-state index in [1.165, 1.54) is 18.4 Å². The predicted octanol–water partition coefficient (Wildman–Crippen LogP) is 3.41. The standard InChI is InChI=1S/C17H23ClN4O/c1-13(15-5-6-17(23-2)16(18)8-15)21-7-3-4-14(9-21)10-22-12-19-11-20-22/h5-6,8,11-14H,3-4,7,9-10H2,1-2H3/t13-,14-/m1/s1. The third-order valence-electron chi connectivity index (χ3n) is 4.67. The van der Waals surface area contributed by atoms with Crippen molar-refractivity contribution in [1.29, 1.82) is 0 Å². The fourth-order valence-corrected chi connectivity index (χ4v) is 3.61. The number of aromatic nitrogens is 3. The van der Waals surface area contributed by atoms with E-state index in [1.54, 1.807) is 19.8 Å². The average Bonchev–Trinajstić information content (AvgIpc) is 3.07. The molecular weight excluding hydrogens is 312 g/mol. The van der Waals surface area contributed by atoms with Crippen molar-refractivity contribution in [2.45, 2.75) is 32.4 Å². The van der Waals surface area contributed by atoms with Gasteiger partial charge in [0.05, 0.1) is 12.1 Å². The Bertz CT molecular complexity index is 632. The van der Waals surface area contributed by atoms with Gasteiger partial charge in [0.2, 0.25) is 0 Å². The lowest BCUT2D eigenvalue weighted by molar-refractivity contribution is 0.121. The number of methoxy groups -OCH3 is 1. The smallest absolute Gasteiger partial charge is 0.137 e. The molecule has 0 unspecified atom stereocenters. The van der Waals surface area contributed by atoms with E-state index in [0.717, 1.165) is 25.4 Å². The zero-order valence-electron chi connectivity index (χ0n) is 13.7. The van der Waals surface area contributed by atoms with Crippen LogP contribution in [0, 0.1) is 5.92 Å². The van der Waals surface area contributed by atoms with Crippen LogP contribution in [0.25, 0.3) is 0 Å². The Balaban J connectivity index is 1.66. The van der Waals surface area contributed by atoms with Gasteiger partial charge >= 0.3 is 0 Å². The van der Waals surface area contributed by atoms with Crippen LogP contribution in [0.2, 0.25) is 5.02 Å². The Hall–Kier alpha value is -1.59. The maximum absolute atomic E-state index is 6.27. The number of halogens is 1. The second-order valence-electron chi connectivity index (χ2n) is 6.19. The van der Waals surface area contributed by atoms with Crippen molar-refractivity contribution in [2.24, 2.45) is 5.92 Å². The monoisotopic (exact) mass is 334 g/mol. The minimum atomic E-state index is 0.344. The van der Waals surface area contributed by atoms with Crippen molar-refractivity contribution >= 4 is 11.6 Å². The molecule has 1 aliphatic rings. The van der Waals surface area contributed by atoms with Gasteiger partial charge in [-0.25, -0.2) is 4.98 Å². The molecular formula is C17H23ClN4O. The van der Waals surface area contributed by atoms with Crippen molar-refractivity contribution in [1.82, 2.24) is 19.7 Å². The number of rotatable bonds is 5. The highest BCUT2D eigenvalue weighted by atomic mass is 35.5. The topological polar surface area (TPSA) is 43.2 Å². The van der Waals surface area contributed by atoms with Crippen LogP contribution in [0.3, 0.4) is 0 Å². The van der Waals surface area contributed by atoms with Crippen LogP contribution < -0.4 is 4.74 Å². The van der Waals surface area contributed by atoms with Crippen LogP contribution in [0.4, 0.5) is 0 Å². The molecule has 2 aromatic rings. The molecule has 2 atom stereocenters. The Morgan fingerprint density at radius 1 is 1.43 bits per heavy atom. The van der Waals surface area contributed by atoms with Crippen LogP contribution in [0.15, 0.2) is 30.9 Å². The minimum absolute atomic E-state index is 0.344. The highest BCUT2D eigenvalue weighted by Crippen LogP contribution is 2.32. The highest BCUT2D eigenvalue weighted by Gasteiger charge is 2.25. The van der Waals surface area contributed by atoms with Gasteiger partial charge in [0.25, 0.3) is 0 Å². The Kier molecular flexibility index (Phi) is 5.18. The summed E-state index contributed by atoms with van der Waals surface area (Å²) in [5.74, 6) is 1.34. The van der Waals surface area contributed by atoms with E-state index in [1.807, 2.05) is 16.8 Å². The van der Waals surface area contributed by atoms with Crippen molar-refractivity contribution in [3.05, 3.63) is 41.4 Å². The van der Waals surface area contributed by atoms with Crippen LogP contribution in [0.5, 0.6) is 5.75 Å². The van der Waals surface area contributed by atoms with Crippen LogP contribution in [-0.2, 0) is 6.54 Å². The van der Waals surface area contributed by atoms with Gasteiger partial charge in [-0.1, -0.05) is 17.7 Å². The summed E-state index contributed by atoms with van der Waals surface area (Å²) < 4.78 is 7.17. The largest absolute Gasteiger partial charge is 0.495 e. The maximum atomic E-state index is 6.27. The van der Waals surface area contributed by atoms with Gasteiger partial charge in [0.1, 0.15) is 18.4 Å². The number of benzene rings is 1. The van der Waals surface area contributed by atoms with E-state index < -0.39 is 0 Å². The number of nitrogens with zero attached hydrogens (tertiary/aromatic N) is 4. The summed E-state index contributed by atoms with van der Waals surface area (Å²) >= 11 is 6.27. The first-order valence-electron chi connectivity index (χ1n) is 8.07. The van der Waals surface area contributed by atoms with Gasteiger partial charge < -0.3 is 4.74 Å². The molecule has 0 bridgehead atoms. The Labute approximate surface area is 142 Å². The summed E-state index contributed by atoms with van der Waals surface area (Å²) in [5, 5.41) is 4.90. The first-order chi connectivity index (χ1) is 11.2. The summed E-state index contributed by atoms with van der Waals surface area (Å²) in [7, 11) is 1.64. The summed E-state index contributed by atoms with van der Waals surface area (Å²) in [5.41, 5.74) is 1.23. The zero-order valence-corrected chi connectivity index (χ0v) is 14.4. The molecule has 0 N–H and O–H groups in total. The molecule has 6 heteroatoms. The number of hydrogen-bond acceptors (Lipinski definition) is 4. The molecule has 1 aromatic heterocycles. The van der Waals surface area contributed by atoms with Gasteiger partial charge in [0, 0.05) is 19.1 Å². The predicted molar refractivity (Wildman–Crippen MR) is 90.7 cm³/mol. The summed E-state index contributed by atoms with van der Waals surface area (Å²) in [4.78, 5) is 6.56. The molecule has 0 aliphatic carbocycles. The summed E-state index contributed by atoms with van der Waals surface area (Å²) in [6.45, 7) is 5.38. The van der Waals surface area contributed by atoms with Gasteiger partial charge in [-0.05, 0) is 49.9 Å². The number of likely N-dealkylation sites (tertiary alicyclic amines) is 1. The van der Waals surface area contributed by atoms with E-state index in [-0.39, 0.29) is 0 Å². The molecule has 0 radical (unpaired) electrons. The van der Waals surface area contributed by atoms with E-state index in [0.29, 0.717) is 17.0 Å². The second kappa shape index (κ2) is 7.32. The SMILES string of the molecule is COc1ccc([C@@H](C)N2CCC[C@@H](Cn3cncn3)C2)cc1Cl. The lowest BCUT2D eigenvalue weighted by atomic mass is 9.95. The van der Waals surface area contributed by atoms with E-state index in [9.17, 15) is 0 Å². The molecule has 1 aromatic carbocycles. The quantitative estimate of drug-likeness (QED) is 0.840. The lowest BCUT2D eigenvalue weighted by Gasteiger charge is -2.37. The molecule has 0 saturated carbocycles. The van der Waals surface area contributed by atoms with Crippen LogP contribution >= 0.6 is 11.6 Å². The summed E-state index contributed by atoms with van der Waals surface area (Å²) in [6, 6.07) is 6.42. The Morgan fingerprint density at radius 2 is 2.30 bits per heavy atom. The van der Waals surface area contributed by atoms with Crippen molar-refractivity contribution in [3.63, 3.8) is 0 Å². The third kappa shape index (κ3) is 3.85. The average molecular weight is 335 g/mol. The first-order valence-corrected chi connectivity index (χ1v) is 8.45. The summed E-state index contributed by atoms with van der Waals surface area (Å²) in [6.07, 6.45) is 5.86. The first kappa shape index (κ1) is 16.3. The van der Waals surface area contributed by atoms with Gasteiger partial charge in [-0.3, -0.25) is 9.58 Å². The maximum Gasteiger partial charge on any atom is 0.137 e. The second-order valence-corrected chi connectivity index (χ2v) is 6.60. The molecule has 23 heavy (non-hydrogen) atoms. The lowest BCUT2D eigenvalue weighted by Crippen LogP contribution is -2.38. The van der Waals surface area contributed by atoms with E-state index in [4.69, 9.17) is 16.3 Å². The van der Waals surface area contributed by atoms with E-state index >= 15 is 0 Å². The minimum Gasteiger partial charge on any atom is -0.495 e. The Morgan fingerprint density at radius 3 is 3.00 bits per heavy atom. The highest BCUT2D eigenvalue weighted by molar-refractivity contribution is 6.32. The number of piperidine rings is 1. The third-order valence-corrected chi connectivity index (χ3v) is 4.96. The molecule has 5 nitrogen and oxygen atoms in total. The molecule has 124 valence electrons. The number of hydrogen-bond donors (Lipinski definition) is 0. The molecule has 0 spiro atoms.